The van der Waals surface area contributed by atoms with Gasteiger partial charge in [-0.1, -0.05) is 6.07 Å². The summed E-state index contributed by atoms with van der Waals surface area (Å²) in [5.41, 5.74) is 12.4. The molecule has 49 heavy (non-hydrogen) atoms. The predicted molar refractivity (Wildman–Crippen MR) is 162 cm³/mol. The van der Waals surface area contributed by atoms with Crippen LogP contribution < -0.4 is 27.0 Å². The number of hydrogen-bond donors (Lipinski definition) is 6. The molecule has 8 N–H and O–H groups in total. The molecular formula is C27H30F6N8O7S. The number of aromatic nitrogens is 2. The van der Waals surface area contributed by atoms with Gasteiger partial charge in [0.05, 0.1) is 15.1 Å². The van der Waals surface area contributed by atoms with Gasteiger partial charge in [0, 0.05) is 63.5 Å². The third-order valence-corrected chi connectivity index (χ3v) is 7.36. The highest BCUT2D eigenvalue weighted by atomic mass is 32.1. The molecule has 0 atom stereocenters. The lowest BCUT2D eigenvalue weighted by Gasteiger charge is -2.35. The van der Waals surface area contributed by atoms with E-state index in [9.17, 15) is 40.7 Å². The molecule has 0 saturated carbocycles. The number of carbonyl (C=O) groups is 5. The van der Waals surface area contributed by atoms with Crippen LogP contribution in [-0.4, -0.2) is 119 Å². The van der Waals surface area contributed by atoms with Gasteiger partial charge in [-0.2, -0.15) is 26.3 Å². The van der Waals surface area contributed by atoms with Crippen molar-refractivity contribution in [3.05, 3.63) is 52.7 Å². The number of nitrogens with one attached hydrogen (secondary N) is 2. The second-order valence-electron chi connectivity index (χ2n) is 9.70. The molecule has 1 saturated heterocycles. The van der Waals surface area contributed by atoms with E-state index in [1.54, 1.807) is 30.3 Å². The number of carbonyl (C=O) groups excluding carboxylic acids is 3. The maximum atomic E-state index is 12.6. The first-order chi connectivity index (χ1) is 22.8. The Balaban J connectivity index is 0.000000500. The van der Waals surface area contributed by atoms with Crippen LogP contribution in [0.4, 0.5) is 32.2 Å². The summed E-state index contributed by atoms with van der Waals surface area (Å²) in [4.78, 5) is 67.6. The summed E-state index contributed by atoms with van der Waals surface area (Å²) in [7, 11) is 0. The third-order valence-electron chi connectivity index (χ3n) is 6.22. The Bertz CT molecular complexity index is 1600. The molecule has 0 unspecified atom stereocenters. The number of halogens is 6. The molecule has 1 aromatic carbocycles. The molecule has 1 aliphatic rings. The SMILES string of the molecule is NCCNC(=O)c1cccc(C(=O)NCCN2CCN(c3ncnc4cc(C(N)=O)sc34)CC2)c1.O=C(O)C(F)(F)F.O=C(O)C(F)(F)F. The van der Waals surface area contributed by atoms with Gasteiger partial charge in [0.1, 0.15) is 12.1 Å². The van der Waals surface area contributed by atoms with Gasteiger partial charge in [0.2, 0.25) is 0 Å². The minimum Gasteiger partial charge on any atom is -0.475 e. The number of carboxylic acids is 2. The molecule has 0 bridgehead atoms. The van der Waals surface area contributed by atoms with E-state index in [1.165, 1.54) is 17.7 Å². The van der Waals surface area contributed by atoms with Gasteiger partial charge < -0.3 is 37.2 Å². The highest BCUT2D eigenvalue weighted by Gasteiger charge is 2.39. The van der Waals surface area contributed by atoms with E-state index in [0.29, 0.717) is 42.2 Å². The van der Waals surface area contributed by atoms with Gasteiger partial charge in [-0.25, -0.2) is 19.6 Å². The van der Waals surface area contributed by atoms with E-state index < -0.39 is 30.2 Å². The molecule has 15 nitrogen and oxygen atoms in total. The number of benzene rings is 1. The van der Waals surface area contributed by atoms with Crippen LogP contribution in [0.3, 0.4) is 0 Å². The fourth-order valence-electron chi connectivity index (χ4n) is 3.89. The molecule has 0 spiro atoms. The normalized spacial score (nSPS) is 13.3. The van der Waals surface area contributed by atoms with E-state index in [4.69, 9.17) is 31.3 Å². The number of anilines is 1. The number of primary amides is 1. The number of thiophene rings is 1. The predicted octanol–water partition coefficient (Wildman–Crippen LogP) is 1.30. The average Bonchev–Trinajstić information content (AvgIpc) is 3.49. The molecule has 268 valence electrons. The van der Waals surface area contributed by atoms with E-state index in [0.717, 1.165) is 42.2 Å². The van der Waals surface area contributed by atoms with Crippen LogP contribution in [0, 0.1) is 0 Å². The number of aliphatic carboxylic acids is 2. The first-order valence-corrected chi connectivity index (χ1v) is 14.6. The number of nitrogens with zero attached hydrogens (tertiary/aromatic N) is 4. The Kier molecular flexibility index (Phi) is 14.6. The number of alkyl halides is 6. The summed E-state index contributed by atoms with van der Waals surface area (Å²) in [6.45, 7) is 5.10. The zero-order valence-electron chi connectivity index (χ0n) is 25.2. The van der Waals surface area contributed by atoms with Crippen molar-refractivity contribution in [3.8, 4) is 0 Å². The number of hydrogen-bond acceptors (Lipinski definition) is 11. The van der Waals surface area contributed by atoms with Gasteiger partial charge in [0.25, 0.3) is 17.7 Å². The molecule has 22 heteroatoms. The molecule has 0 aliphatic carbocycles. The number of piperazine rings is 1. The molecule has 3 amide bonds. The highest BCUT2D eigenvalue weighted by molar-refractivity contribution is 7.21. The van der Waals surface area contributed by atoms with Crippen molar-refractivity contribution < 1.29 is 60.5 Å². The van der Waals surface area contributed by atoms with Crippen molar-refractivity contribution in [2.24, 2.45) is 11.5 Å². The zero-order chi connectivity index (χ0) is 36.9. The summed E-state index contributed by atoms with van der Waals surface area (Å²) in [6, 6.07) is 8.32. The monoisotopic (exact) mass is 724 g/mol. The summed E-state index contributed by atoms with van der Waals surface area (Å²) in [6.07, 6.45) is -8.66. The van der Waals surface area contributed by atoms with Crippen molar-refractivity contribution in [2.75, 3.05) is 57.3 Å². The minimum absolute atomic E-state index is 0.219. The van der Waals surface area contributed by atoms with E-state index in [-0.39, 0.29) is 11.8 Å². The third kappa shape index (κ3) is 12.8. The van der Waals surface area contributed by atoms with Crippen LogP contribution in [0.25, 0.3) is 10.2 Å². The van der Waals surface area contributed by atoms with Crippen LogP contribution in [0.1, 0.15) is 30.4 Å². The summed E-state index contributed by atoms with van der Waals surface area (Å²) in [5.74, 6) is -5.64. The first-order valence-electron chi connectivity index (χ1n) is 13.8. The Morgan fingerprint density at radius 2 is 1.35 bits per heavy atom. The molecule has 3 aromatic rings. The molecule has 1 aliphatic heterocycles. The van der Waals surface area contributed by atoms with Crippen LogP contribution >= 0.6 is 11.3 Å². The highest BCUT2D eigenvalue weighted by Crippen LogP contribution is 2.31. The minimum atomic E-state index is -5.08. The van der Waals surface area contributed by atoms with Gasteiger partial charge in [-0.15, -0.1) is 11.3 Å². The fraction of sp³-hybridized carbons (Fsp3) is 0.370. The standard InChI is InChI=1S/C23H28N8O3S.2C2HF3O2/c24-4-5-26-22(33)15-2-1-3-16(12-15)23(34)27-6-7-30-8-10-31(11-9-30)21-19-17(28-14-29-21)13-18(35-19)20(25)32;2*3-2(4,5)1(6)7/h1-3,12-14H,4-11,24H2,(H2,25,32)(H,26,33)(H,27,34);2*(H,6,7). The summed E-state index contributed by atoms with van der Waals surface area (Å²) < 4.78 is 64.3. The van der Waals surface area contributed by atoms with Crippen molar-refractivity contribution in [2.45, 2.75) is 12.4 Å². The Labute approximate surface area is 276 Å². The summed E-state index contributed by atoms with van der Waals surface area (Å²) >= 11 is 1.31. The lowest BCUT2D eigenvalue weighted by atomic mass is 10.1. The topological polar surface area (TPSA) is 234 Å². The number of amides is 3. The fourth-order valence-corrected chi connectivity index (χ4v) is 4.87. The van der Waals surface area contributed by atoms with Gasteiger partial charge in [0.15, 0.2) is 0 Å². The number of fused-ring (bicyclic) bond motifs is 1. The maximum Gasteiger partial charge on any atom is 0.490 e. The van der Waals surface area contributed by atoms with E-state index in [2.05, 4.69) is 30.4 Å². The van der Waals surface area contributed by atoms with E-state index >= 15 is 0 Å². The van der Waals surface area contributed by atoms with Crippen LogP contribution in [0.5, 0.6) is 0 Å². The quantitative estimate of drug-likeness (QED) is 0.172. The lowest BCUT2D eigenvalue weighted by Crippen LogP contribution is -2.48. The van der Waals surface area contributed by atoms with Crippen LogP contribution in [0.15, 0.2) is 36.7 Å². The molecule has 0 radical (unpaired) electrons. The van der Waals surface area contributed by atoms with Crippen molar-refractivity contribution >= 4 is 57.0 Å². The van der Waals surface area contributed by atoms with E-state index in [1.807, 2.05) is 0 Å². The van der Waals surface area contributed by atoms with Gasteiger partial charge >= 0.3 is 24.3 Å². The van der Waals surface area contributed by atoms with Crippen LogP contribution in [0.2, 0.25) is 0 Å². The maximum absolute atomic E-state index is 12.6. The largest absolute Gasteiger partial charge is 0.490 e. The second-order valence-corrected chi connectivity index (χ2v) is 10.8. The Morgan fingerprint density at radius 3 is 1.82 bits per heavy atom. The number of nitrogens with two attached hydrogens (primary N) is 2. The second kappa shape index (κ2) is 17.9. The lowest BCUT2D eigenvalue weighted by molar-refractivity contribution is -0.193. The smallest absolute Gasteiger partial charge is 0.475 e. The number of carboxylic acid groups (broad SMARTS) is 2. The van der Waals surface area contributed by atoms with Gasteiger partial charge in [-0.3, -0.25) is 19.3 Å². The summed E-state index contributed by atoms with van der Waals surface area (Å²) in [5, 5.41) is 19.9. The Morgan fingerprint density at radius 1 is 0.837 bits per heavy atom. The van der Waals surface area contributed by atoms with Crippen molar-refractivity contribution in [1.29, 1.82) is 0 Å². The van der Waals surface area contributed by atoms with Crippen molar-refractivity contribution in [3.63, 3.8) is 0 Å². The zero-order valence-corrected chi connectivity index (χ0v) is 26.0. The van der Waals surface area contributed by atoms with Crippen molar-refractivity contribution in [1.82, 2.24) is 25.5 Å². The molecule has 1 fully saturated rings. The average molecular weight is 725 g/mol. The molecule has 2 aromatic heterocycles. The van der Waals surface area contributed by atoms with Gasteiger partial charge in [-0.05, 0) is 24.3 Å². The number of rotatable bonds is 9. The molecule has 3 heterocycles. The Hall–Kier alpha value is -5.09. The molecular weight excluding hydrogens is 694 g/mol. The first kappa shape index (κ1) is 40.1. The molecule has 4 rings (SSSR count). The van der Waals surface area contributed by atoms with Crippen LogP contribution in [-0.2, 0) is 9.59 Å².